The van der Waals surface area contributed by atoms with Gasteiger partial charge in [-0.15, -0.1) is 0 Å². The van der Waals surface area contributed by atoms with E-state index in [1.165, 1.54) is 29.5 Å². The minimum Gasteiger partial charge on any atom is -0.489 e. The fourth-order valence-electron chi connectivity index (χ4n) is 2.28. The number of hydrogen-bond donors (Lipinski definition) is 1. The Hall–Kier alpha value is -1.32. The first-order valence-electron chi connectivity index (χ1n) is 7.87. The predicted octanol–water partition coefficient (Wildman–Crippen LogP) is 5.23. The standard InChI is InChI=1S/C19H24BrNO/c1-3-4-11-21-13-17-12-18(20)9-10-19(17)22-14-16-8-6-5-7-15(16)2/h5-10,12,21H,3-4,11,13-14H2,1-2H3. The molecule has 118 valence electrons. The van der Waals surface area contributed by atoms with Crippen molar-refractivity contribution in [1.29, 1.82) is 0 Å². The molecule has 0 aromatic heterocycles. The Morgan fingerprint density at radius 2 is 1.91 bits per heavy atom. The van der Waals surface area contributed by atoms with E-state index >= 15 is 0 Å². The lowest BCUT2D eigenvalue weighted by molar-refractivity contribution is 0.301. The Kier molecular flexibility index (Phi) is 6.94. The Morgan fingerprint density at radius 1 is 1.09 bits per heavy atom. The third-order valence-electron chi connectivity index (χ3n) is 3.69. The molecule has 2 rings (SSSR count). The molecule has 0 aliphatic carbocycles. The van der Waals surface area contributed by atoms with Crippen LogP contribution in [0, 0.1) is 6.92 Å². The third kappa shape index (κ3) is 5.15. The van der Waals surface area contributed by atoms with E-state index in [2.05, 4.69) is 65.4 Å². The van der Waals surface area contributed by atoms with Crippen LogP contribution in [0.1, 0.15) is 36.5 Å². The van der Waals surface area contributed by atoms with Crippen molar-refractivity contribution < 1.29 is 4.74 Å². The molecule has 0 fully saturated rings. The minimum absolute atomic E-state index is 0.607. The van der Waals surface area contributed by atoms with Gasteiger partial charge in [0.25, 0.3) is 0 Å². The van der Waals surface area contributed by atoms with Gasteiger partial charge >= 0.3 is 0 Å². The molecule has 3 heteroatoms. The maximum absolute atomic E-state index is 6.06. The van der Waals surface area contributed by atoms with Crippen molar-refractivity contribution in [1.82, 2.24) is 5.32 Å². The normalized spacial score (nSPS) is 10.7. The second-order valence-corrected chi connectivity index (χ2v) is 6.41. The average molecular weight is 362 g/mol. The van der Waals surface area contributed by atoms with Crippen LogP contribution < -0.4 is 10.1 Å². The van der Waals surface area contributed by atoms with Crippen LogP contribution in [0.4, 0.5) is 0 Å². The van der Waals surface area contributed by atoms with Crippen molar-refractivity contribution in [2.75, 3.05) is 6.54 Å². The van der Waals surface area contributed by atoms with Crippen LogP contribution in [0.15, 0.2) is 46.9 Å². The maximum Gasteiger partial charge on any atom is 0.124 e. The highest BCUT2D eigenvalue weighted by atomic mass is 79.9. The summed E-state index contributed by atoms with van der Waals surface area (Å²) in [7, 11) is 0. The van der Waals surface area contributed by atoms with Crippen molar-refractivity contribution in [2.45, 2.75) is 39.8 Å². The molecule has 2 aromatic carbocycles. The zero-order valence-electron chi connectivity index (χ0n) is 13.4. The van der Waals surface area contributed by atoms with Crippen LogP contribution in [0.5, 0.6) is 5.75 Å². The number of unbranched alkanes of at least 4 members (excludes halogenated alkanes) is 1. The molecular formula is C19H24BrNO. The van der Waals surface area contributed by atoms with Crippen LogP contribution in [0.2, 0.25) is 0 Å². The molecule has 0 amide bonds. The number of benzene rings is 2. The summed E-state index contributed by atoms with van der Waals surface area (Å²) < 4.78 is 7.14. The second kappa shape index (κ2) is 8.96. The summed E-state index contributed by atoms with van der Waals surface area (Å²) in [5.41, 5.74) is 3.69. The van der Waals surface area contributed by atoms with Crippen LogP contribution in [-0.4, -0.2) is 6.54 Å². The number of hydrogen-bond acceptors (Lipinski definition) is 2. The van der Waals surface area contributed by atoms with E-state index in [0.717, 1.165) is 23.3 Å². The summed E-state index contributed by atoms with van der Waals surface area (Å²) in [5.74, 6) is 0.954. The summed E-state index contributed by atoms with van der Waals surface area (Å²) in [5, 5.41) is 3.48. The molecule has 0 aliphatic rings. The van der Waals surface area contributed by atoms with E-state index in [9.17, 15) is 0 Å². The Balaban J connectivity index is 2.01. The zero-order chi connectivity index (χ0) is 15.8. The predicted molar refractivity (Wildman–Crippen MR) is 96.3 cm³/mol. The van der Waals surface area contributed by atoms with Gasteiger partial charge in [0.05, 0.1) is 0 Å². The van der Waals surface area contributed by atoms with E-state index in [1.807, 2.05) is 12.1 Å². The van der Waals surface area contributed by atoms with E-state index in [4.69, 9.17) is 4.74 Å². The molecule has 0 bridgehead atoms. The summed E-state index contributed by atoms with van der Waals surface area (Å²) in [4.78, 5) is 0. The monoisotopic (exact) mass is 361 g/mol. The Labute approximate surface area is 142 Å². The van der Waals surface area contributed by atoms with Gasteiger partial charge in [0.15, 0.2) is 0 Å². The highest BCUT2D eigenvalue weighted by molar-refractivity contribution is 9.10. The van der Waals surface area contributed by atoms with Gasteiger partial charge in [-0.2, -0.15) is 0 Å². The van der Waals surface area contributed by atoms with Crippen molar-refractivity contribution in [3.8, 4) is 5.75 Å². The van der Waals surface area contributed by atoms with Gasteiger partial charge in [0, 0.05) is 16.6 Å². The molecule has 0 spiro atoms. The lowest BCUT2D eigenvalue weighted by Crippen LogP contribution is -2.15. The molecule has 0 aliphatic heterocycles. The number of aryl methyl sites for hydroxylation is 1. The van der Waals surface area contributed by atoms with Gasteiger partial charge in [-0.1, -0.05) is 53.5 Å². The molecule has 0 radical (unpaired) electrons. The van der Waals surface area contributed by atoms with Gasteiger partial charge in [-0.05, 0) is 49.2 Å². The van der Waals surface area contributed by atoms with Crippen molar-refractivity contribution in [3.63, 3.8) is 0 Å². The van der Waals surface area contributed by atoms with Crippen LogP contribution in [0.3, 0.4) is 0 Å². The van der Waals surface area contributed by atoms with Gasteiger partial charge in [-0.25, -0.2) is 0 Å². The third-order valence-corrected chi connectivity index (χ3v) is 4.18. The van der Waals surface area contributed by atoms with Gasteiger partial charge in [0.2, 0.25) is 0 Å². The van der Waals surface area contributed by atoms with E-state index in [-0.39, 0.29) is 0 Å². The number of ether oxygens (including phenoxy) is 1. The molecule has 0 atom stereocenters. The average Bonchev–Trinajstić information content (AvgIpc) is 2.52. The molecule has 1 N–H and O–H groups in total. The lowest BCUT2D eigenvalue weighted by Gasteiger charge is -2.14. The molecule has 2 aromatic rings. The summed E-state index contributed by atoms with van der Waals surface area (Å²) in [6.07, 6.45) is 2.41. The van der Waals surface area contributed by atoms with E-state index in [0.29, 0.717) is 6.61 Å². The first-order chi connectivity index (χ1) is 10.7. The number of rotatable bonds is 8. The lowest BCUT2D eigenvalue weighted by atomic mass is 10.1. The summed E-state index contributed by atoms with van der Waals surface area (Å²) in [6, 6.07) is 14.6. The Bertz CT molecular complexity index is 598. The summed E-state index contributed by atoms with van der Waals surface area (Å²) >= 11 is 3.54. The van der Waals surface area contributed by atoms with Crippen LogP contribution in [-0.2, 0) is 13.2 Å². The topological polar surface area (TPSA) is 21.3 Å². The van der Waals surface area contributed by atoms with E-state index < -0.39 is 0 Å². The minimum atomic E-state index is 0.607. The molecule has 2 nitrogen and oxygen atoms in total. The SMILES string of the molecule is CCCCNCc1cc(Br)ccc1OCc1ccccc1C. The fourth-order valence-corrected chi connectivity index (χ4v) is 2.69. The highest BCUT2D eigenvalue weighted by Crippen LogP contribution is 2.24. The van der Waals surface area contributed by atoms with Gasteiger partial charge in [0.1, 0.15) is 12.4 Å². The smallest absolute Gasteiger partial charge is 0.124 e. The van der Waals surface area contributed by atoms with Crippen LogP contribution in [0.25, 0.3) is 0 Å². The molecule has 0 heterocycles. The quantitative estimate of drug-likeness (QED) is 0.650. The molecule has 0 unspecified atom stereocenters. The first-order valence-corrected chi connectivity index (χ1v) is 8.66. The largest absolute Gasteiger partial charge is 0.489 e. The van der Waals surface area contributed by atoms with Gasteiger partial charge in [-0.3, -0.25) is 0 Å². The van der Waals surface area contributed by atoms with E-state index in [1.54, 1.807) is 0 Å². The van der Waals surface area contributed by atoms with Crippen molar-refractivity contribution in [2.24, 2.45) is 0 Å². The highest BCUT2D eigenvalue weighted by Gasteiger charge is 2.06. The summed E-state index contributed by atoms with van der Waals surface area (Å²) in [6.45, 7) is 6.81. The Morgan fingerprint density at radius 3 is 2.68 bits per heavy atom. The fraction of sp³-hybridized carbons (Fsp3) is 0.368. The van der Waals surface area contributed by atoms with Crippen molar-refractivity contribution in [3.05, 3.63) is 63.6 Å². The molecular weight excluding hydrogens is 338 g/mol. The molecule has 0 saturated carbocycles. The maximum atomic E-state index is 6.06. The molecule has 0 saturated heterocycles. The zero-order valence-corrected chi connectivity index (χ0v) is 14.9. The number of nitrogens with one attached hydrogen (secondary N) is 1. The van der Waals surface area contributed by atoms with Crippen LogP contribution >= 0.6 is 15.9 Å². The second-order valence-electron chi connectivity index (χ2n) is 5.50. The first kappa shape index (κ1) is 17.0. The number of halogens is 1. The molecule has 22 heavy (non-hydrogen) atoms. The van der Waals surface area contributed by atoms with Crippen molar-refractivity contribution >= 4 is 15.9 Å². The van der Waals surface area contributed by atoms with Gasteiger partial charge < -0.3 is 10.1 Å².